The van der Waals surface area contributed by atoms with Gasteiger partial charge >= 0.3 is 11.9 Å². The molecule has 1 aromatic heterocycles. The zero-order valence-electron chi connectivity index (χ0n) is 26.4. The smallest absolute Gasteiger partial charge is 0.317 e. The van der Waals surface area contributed by atoms with E-state index in [-0.39, 0.29) is 19.3 Å². The summed E-state index contributed by atoms with van der Waals surface area (Å²) in [6.07, 6.45) is 1.10. The number of para-hydroxylation sites is 1. The topological polar surface area (TPSA) is 247 Å². The Kier molecular flexibility index (Phi) is 12.2. The number of primary amides is 1. The summed E-state index contributed by atoms with van der Waals surface area (Å²) >= 11 is 0. The molecule has 4 atom stereocenters. The predicted molar refractivity (Wildman–Crippen MR) is 179 cm³/mol. The zero-order valence-corrected chi connectivity index (χ0v) is 26.4. The number of carboxylic acid groups (broad SMARTS) is 2. The van der Waals surface area contributed by atoms with Crippen molar-refractivity contribution in [2.24, 2.45) is 17.4 Å². The van der Waals surface area contributed by atoms with Crippen LogP contribution in [0.15, 0.2) is 91.1 Å². The number of carbonyl (C=O) groups is 6. The van der Waals surface area contributed by atoms with Gasteiger partial charge in [0, 0.05) is 36.4 Å². The Morgan fingerprint density at radius 2 is 1.10 bits per heavy atom. The van der Waals surface area contributed by atoms with Gasteiger partial charge in [0.05, 0.1) is 6.04 Å². The monoisotopic (exact) mass is 670 g/mol. The summed E-state index contributed by atoms with van der Waals surface area (Å²) in [5.74, 6) is -8.89. The first-order valence-electron chi connectivity index (χ1n) is 15.5. The summed E-state index contributed by atoms with van der Waals surface area (Å²) in [5, 5.41) is 27.2. The fourth-order valence-corrected chi connectivity index (χ4v) is 5.36. The summed E-state index contributed by atoms with van der Waals surface area (Å²) < 4.78 is 0. The lowest BCUT2D eigenvalue weighted by atomic mass is 9.98. The van der Waals surface area contributed by atoms with E-state index in [0.29, 0.717) is 11.1 Å². The fraction of sp³-hybridized carbons (Fsp3) is 0.257. The van der Waals surface area contributed by atoms with Gasteiger partial charge in [0.1, 0.15) is 18.1 Å². The summed E-state index contributed by atoms with van der Waals surface area (Å²) in [5.41, 5.74) is 14.7. The van der Waals surface area contributed by atoms with Gasteiger partial charge in [-0.1, -0.05) is 78.9 Å². The van der Waals surface area contributed by atoms with Crippen LogP contribution in [0, 0.1) is 5.92 Å². The first-order chi connectivity index (χ1) is 23.4. The summed E-state index contributed by atoms with van der Waals surface area (Å²) in [7, 11) is 0. The Morgan fingerprint density at radius 1 is 0.633 bits per heavy atom. The molecule has 3 aromatic carbocycles. The average molecular weight is 671 g/mol. The molecule has 4 rings (SSSR count). The molecule has 0 spiro atoms. The first kappa shape index (κ1) is 35.8. The number of aliphatic carboxylic acids is 2. The van der Waals surface area contributed by atoms with Gasteiger partial charge in [-0.2, -0.15) is 0 Å². The van der Waals surface area contributed by atoms with Crippen LogP contribution in [-0.2, 0) is 48.0 Å². The number of nitrogens with one attached hydrogen (secondary N) is 4. The third kappa shape index (κ3) is 9.98. The molecule has 0 unspecified atom stereocenters. The molecular formula is C35H38N6O8. The zero-order chi connectivity index (χ0) is 35.5. The number of benzene rings is 3. The fourth-order valence-electron chi connectivity index (χ4n) is 5.36. The van der Waals surface area contributed by atoms with E-state index in [0.717, 1.165) is 16.5 Å². The van der Waals surface area contributed by atoms with Crippen LogP contribution < -0.4 is 27.4 Å². The number of carboxylic acids is 2. The molecule has 49 heavy (non-hydrogen) atoms. The molecule has 0 aliphatic carbocycles. The molecule has 4 aromatic rings. The Hall–Kier alpha value is -6.02. The van der Waals surface area contributed by atoms with Crippen molar-refractivity contribution in [3.05, 3.63) is 108 Å². The maximum Gasteiger partial charge on any atom is 0.317 e. The molecule has 0 bridgehead atoms. The molecule has 0 aliphatic heterocycles. The molecule has 4 amide bonds. The third-order valence-corrected chi connectivity index (χ3v) is 8.01. The number of carbonyl (C=O) groups excluding carboxylic acids is 4. The number of fused-ring (bicyclic) bond motifs is 1. The van der Waals surface area contributed by atoms with E-state index in [9.17, 15) is 39.0 Å². The van der Waals surface area contributed by atoms with Crippen LogP contribution in [-0.4, -0.2) is 74.9 Å². The van der Waals surface area contributed by atoms with Crippen LogP contribution >= 0.6 is 0 Å². The van der Waals surface area contributed by atoms with Crippen LogP contribution in [0.1, 0.15) is 23.1 Å². The number of hydrogen-bond acceptors (Lipinski definition) is 7. The highest BCUT2D eigenvalue weighted by Gasteiger charge is 2.35. The molecule has 1 heterocycles. The summed E-state index contributed by atoms with van der Waals surface area (Å²) in [4.78, 5) is 79.1. The quantitative estimate of drug-likeness (QED) is 0.0733. The molecule has 0 saturated carbocycles. The van der Waals surface area contributed by atoms with E-state index >= 15 is 0 Å². The van der Waals surface area contributed by atoms with Crippen molar-refractivity contribution < 1.29 is 39.0 Å². The molecule has 14 heteroatoms. The molecule has 14 nitrogen and oxygen atoms in total. The average Bonchev–Trinajstić information content (AvgIpc) is 3.48. The Bertz CT molecular complexity index is 1780. The highest BCUT2D eigenvalue weighted by molar-refractivity contribution is 5.97. The first-order valence-corrected chi connectivity index (χ1v) is 15.5. The van der Waals surface area contributed by atoms with Crippen LogP contribution in [0.25, 0.3) is 10.9 Å². The second kappa shape index (κ2) is 16.7. The predicted octanol–water partition coefficient (Wildman–Crippen LogP) is 0.638. The maximum absolute atomic E-state index is 13.9. The SMILES string of the molecule is NC(=O)[C@H](CC(C(=O)O)C(=O)O)NC(=O)[C@@H](Cc1ccccc1)NC(=O)[C@@H](Cc1ccccc1)NC(=O)[C@H](N)Cc1c[nH]c2ccccc12. The van der Waals surface area contributed by atoms with Crippen molar-refractivity contribution in [1.29, 1.82) is 0 Å². The van der Waals surface area contributed by atoms with Crippen molar-refractivity contribution in [3.8, 4) is 0 Å². The highest BCUT2D eigenvalue weighted by Crippen LogP contribution is 2.19. The number of H-pyrrole nitrogens is 1. The van der Waals surface area contributed by atoms with E-state index < -0.39 is 72.1 Å². The number of aromatic amines is 1. The van der Waals surface area contributed by atoms with E-state index in [1.54, 1.807) is 66.9 Å². The molecule has 256 valence electrons. The minimum atomic E-state index is -2.03. The number of rotatable bonds is 17. The molecule has 0 radical (unpaired) electrons. The van der Waals surface area contributed by atoms with Gasteiger partial charge in [0.25, 0.3) is 0 Å². The van der Waals surface area contributed by atoms with E-state index in [1.165, 1.54) is 0 Å². The van der Waals surface area contributed by atoms with E-state index in [1.807, 2.05) is 24.3 Å². The standard InChI is InChI=1S/C35H38N6O8/c36-25(17-22-19-38-26-14-8-7-13-23(22)26)31(43)40-28(15-20-9-3-1-4-10-20)33(45)41-29(16-21-11-5-2-6-12-21)32(44)39-27(30(37)42)18-24(34(46)47)35(48)49/h1-14,19,24-25,27-29,38H,15-18,36H2,(H2,37,42)(H,39,44)(H,40,43)(H,41,45)(H,46,47)(H,48,49)/t25-,27+,28-,29-/m1/s1. The lowest BCUT2D eigenvalue weighted by Crippen LogP contribution is -2.59. The lowest BCUT2D eigenvalue weighted by molar-refractivity contribution is -0.155. The van der Waals surface area contributed by atoms with Crippen molar-refractivity contribution in [1.82, 2.24) is 20.9 Å². The summed E-state index contributed by atoms with van der Waals surface area (Å²) in [6, 6.07) is 19.8. The van der Waals surface area contributed by atoms with Crippen molar-refractivity contribution in [2.45, 2.75) is 49.9 Å². The maximum atomic E-state index is 13.9. The number of aromatic nitrogens is 1. The van der Waals surface area contributed by atoms with Gasteiger partial charge in [0.15, 0.2) is 5.92 Å². The van der Waals surface area contributed by atoms with Crippen molar-refractivity contribution in [3.63, 3.8) is 0 Å². The van der Waals surface area contributed by atoms with Crippen molar-refractivity contribution in [2.75, 3.05) is 0 Å². The van der Waals surface area contributed by atoms with Crippen LogP contribution in [0.2, 0.25) is 0 Å². The second-order valence-electron chi connectivity index (χ2n) is 11.6. The van der Waals surface area contributed by atoms with Gasteiger partial charge in [-0.15, -0.1) is 0 Å². The molecule has 10 N–H and O–H groups in total. The van der Waals surface area contributed by atoms with E-state index in [2.05, 4.69) is 20.9 Å². The third-order valence-electron chi connectivity index (χ3n) is 8.01. The molecular weight excluding hydrogens is 632 g/mol. The van der Waals surface area contributed by atoms with Gasteiger partial charge < -0.3 is 42.6 Å². The number of hydrogen-bond donors (Lipinski definition) is 8. The largest absolute Gasteiger partial charge is 0.481 e. The van der Waals surface area contributed by atoms with Crippen LogP contribution in [0.5, 0.6) is 0 Å². The van der Waals surface area contributed by atoms with Crippen LogP contribution in [0.4, 0.5) is 0 Å². The van der Waals surface area contributed by atoms with Gasteiger partial charge in [-0.3, -0.25) is 28.8 Å². The molecule has 0 fully saturated rings. The Morgan fingerprint density at radius 3 is 1.61 bits per heavy atom. The number of nitrogens with two attached hydrogens (primary N) is 2. The highest BCUT2D eigenvalue weighted by atomic mass is 16.4. The van der Waals surface area contributed by atoms with Gasteiger partial charge in [0.2, 0.25) is 23.6 Å². The Balaban J connectivity index is 1.56. The Labute approximate surface area is 281 Å². The minimum Gasteiger partial charge on any atom is -0.481 e. The summed E-state index contributed by atoms with van der Waals surface area (Å²) in [6.45, 7) is 0. The molecule has 0 aliphatic rings. The normalized spacial score (nSPS) is 13.5. The minimum absolute atomic E-state index is 0.0424. The van der Waals surface area contributed by atoms with Gasteiger partial charge in [-0.05, 0) is 29.2 Å². The van der Waals surface area contributed by atoms with Crippen LogP contribution in [0.3, 0.4) is 0 Å². The molecule has 0 saturated heterocycles. The van der Waals surface area contributed by atoms with E-state index in [4.69, 9.17) is 11.5 Å². The van der Waals surface area contributed by atoms with Crippen molar-refractivity contribution >= 4 is 46.5 Å². The number of amides is 4. The van der Waals surface area contributed by atoms with Gasteiger partial charge in [-0.25, -0.2) is 0 Å². The second-order valence-corrected chi connectivity index (χ2v) is 11.6. The lowest BCUT2D eigenvalue weighted by Gasteiger charge is -2.26.